The van der Waals surface area contributed by atoms with Crippen LogP contribution in [0.25, 0.3) is 0 Å². The molecule has 1 fully saturated rings. The predicted octanol–water partition coefficient (Wildman–Crippen LogP) is 1.34. The molecule has 2 aliphatic heterocycles. The van der Waals surface area contributed by atoms with Crippen molar-refractivity contribution in [2.75, 3.05) is 44.8 Å². The average molecular weight is 424 g/mol. The lowest BCUT2D eigenvalue weighted by Crippen LogP contribution is -2.50. The van der Waals surface area contributed by atoms with E-state index in [-0.39, 0.29) is 30.9 Å². The molecule has 1 N–H and O–H groups in total. The van der Waals surface area contributed by atoms with Crippen molar-refractivity contribution in [3.05, 3.63) is 47.8 Å². The maximum absolute atomic E-state index is 12.6. The van der Waals surface area contributed by atoms with Gasteiger partial charge in [0.2, 0.25) is 18.6 Å². The van der Waals surface area contributed by atoms with Gasteiger partial charge in [0.25, 0.3) is 0 Å². The Balaban J connectivity index is 1.30. The highest BCUT2D eigenvalue weighted by Crippen LogP contribution is 2.37. The molecular formula is C22H24N4O5. The molecule has 4 rings (SSSR count). The largest absolute Gasteiger partial charge is 0.454 e. The predicted molar refractivity (Wildman–Crippen MR) is 112 cm³/mol. The Morgan fingerprint density at radius 1 is 1.03 bits per heavy atom. The number of nitrogens with zero attached hydrogens (tertiary/aromatic N) is 3. The van der Waals surface area contributed by atoms with Crippen LogP contribution in [0.2, 0.25) is 0 Å². The van der Waals surface area contributed by atoms with Gasteiger partial charge in [0.15, 0.2) is 17.3 Å². The molecule has 9 nitrogen and oxygen atoms in total. The van der Waals surface area contributed by atoms with Gasteiger partial charge in [-0.3, -0.25) is 24.3 Å². The van der Waals surface area contributed by atoms with Gasteiger partial charge in [-0.25, -0.2) is 0 Å². The summed E-state index contributed by atoms with van der Waals surface area (Å²) >= 11 is 0. The molecule has 2 aliphatic rings. The zero-order chi connectivity index (χ0) is 21.8. The third kappa shape index (κ3) is 5.00. The molecule has 0 radical (unpaired) electrons. The molecule has 0 atom stereocenters. The van der Waals surface area contributed by atoms with Crippen LogP contribution in [0.1, 0.15) is 22.8 Å². The summed E-state index contributed by atoms with van der Waals surface area (Å²) in [5, 5.41) is 2.81. The SMILES string of the molecule is CC(=O)c1cc2c(cc1NC(=O)CN1CCN(C(=O)Cc3ccncc3)CC1)OCO2. The Kier molecular flexibility index (Phi) is 6.13. The molecule has 31 heavy (non-hydrogen) atoms. The van der Waals surface area contributed by atoms with Crippen molar-refractivity contribution < 1.29 is 23.9 Å². The molecule has 162 valence electrons. The number of rotatable bonds is 6. The summed E-state index contributed by atoms with van der Waals surface area (Å²) < 4.78 is 10.7. The van der Waals surface area contributed by atoms with Crippen LogP contribution >= 0.6 is 0 Å². The van der Waals surface area contributed by atoms with E-state index < -0.39 is 0 Å². The third-order valence-electron chi connectivity index (χ3n) is 5.36. The second-order valence-corrected chi connectivity index (χ2v) is 7.54. The fourth-order valence-corrected chi connectivity index (χ4v) is 3.67. The molecule has 0 saturated carbocycles. The molecule has 2 aromatic rings. The fraction of sp³-hybridized carbons (Fsp3) is 0.364. The van der Waals surface area contributed by atoms with Crippen LogP contribution in [0.5, 0.6) is 11.5 Å². The summed E-state index contributed by atoms with van der Waals surface area (Å²) in [5.41, 5.74) is 1.73. The molecule has 9 heteroatoms. The number of anilines is 1. The lowest BCUT2D eigenvalue weighted by molar-refractivity contribution is -0.132. The summed E-state index contributed by atoms with van der Waals surface area (Å²) in [6, 6.07) is 6.88. The highest BCUT2D eigenvalue weighted by molar-refractivity contribution is 6.05. The number of carbonyl (C=O) groups excluding carboxylic acids is 3. The number of piperazine rings is 1. The minimum atomic E-state index is -0.224. The minimum Gasteiger partial charge on any atom is -0.454 e. The molecule has 1 saturated heterocycles. The van der Waals surface area contributed by atoms with E-state index in [9.17, 15) is 14.4 Å². The van der Waals surface area contributed by atoms with Crippen LogP contribution in [0.4, 0.5) is 5.69 Å². The lowest BCUT2D eigenvalue weighted by atomic mass is 10.1. The number of ether oxygens (including phenoxy) is 2. The standard InChI is InChI=1S/C22H24N4O5/c1-15(27)17-11-19-20(31-14-30-19)12-18(17)24-21(28)13-25-6-8-26(9-7-25)22(29)10-16-2-4-23-5-3-16/h2-5,11-12H,6-10,13-14H2,1H3,(H,24,28). The first-order chi connectivity index (χ1) is 15.0. The zero-order valence-corrected chi connectivity index (χ0v) is 17.3. The highest BCUT2D eigenvalue weighted by Gasteiger charge is 2.24. The maximum atomic E-state index is 12.6. The van der Waals surface area contributed by atoms with E-state index in [0.717, 1.165) is 5.56 Å². The fourth-order valence-electron chi connectivity index (χ4n) is 3.67. The van der Waals surface area contributed by atoms with E-state index in [1.807, 2.05) is 21.9 Å². The quantitative estimate of drug-likeness (QED) is 0.699. The van der Waals surface area contributed by atoms with Gasteiger partial charge in [0, 0.05) is 50.2 Å². The molecule has 0 spiro atoms. The van der Waals surface area contributed by atoms with Crippen LogP contribution in [-0.4, -0.2) is 71.9 Å². The zero-order valence-electron chi connectivity index (χ0n) is 17.3. The molecule has 0 unspecified atom stereocenters. The third-order valence-corrected chi connectivity index (χ3v) is 5.36. The molecular weight excluding hydrogens is 400 g/mol. The van der Waals surface area contributed by atoms with E-state index in [1.165, 1.54) is 6.92 Å². The number of fused-ring (bicyclic) bond motifs is 1. The molecule has 0 aliphatic carbocycles. The van der Waals surface area contributed by atoms with Crippen LogP contribution in [-0.2, 0) is 16.0 Å². The van der Waals surface area contributed by atoms with Crippen molar-refractivity contribution >= 4 is 23.3 Å². The average Bonchev–Trinajstić information content (AvgIpc) is 3.21. The van der Waals surface area contributed by atoms with E-state index in [4.69, 9.17) is 9.47 Å². The van der Waals surface area contributed by atoms with Crippen LogP contribution in [0, 0.1) is 0 Å². The van der Waals surface area contributed by atoms with Crippen molar-refractivity contribution in [2.24, 2.45) is 0 Å². The van der Waals surface area contributed by atoms with Gasteiger partial charge >= 0.3 is 0 Å². The summed E-state index contributed by atoms with van der Waals surface area (Å²) in [6.45, 7) is 4.06. The van der Waals surface area contributed by atoms with Crippen LogP contribution in [0.15, 0.2) is 36.7 Å². The van der Waals surface area contributed by atoms with Gasteiger partial charge in [-0.15, -0.1) is 0 Å². The lowest BCUT2D eigenvalue weighted by Gasteiger charge is -2.34. The normalized spacial score (nSPS) is 15.6. The van der Waals surface area contributed by atoms with Crippen LogP contribution in [0.3, 0.4) is 0 Å². The topological polar surface area (TPSA) is 101 Å². The first kappa shape index (κ1) is 20.8. The van der Waals surface area contributed by atoms with Gasteiger partial charge < -0.3 is 19.7 Å². The first-order valence-electron chi connectivity index (χ1n) is 10.1. The van der Waals surface area contributed by atoms with Gasteiger partial charge in [0.1, 0.15) is 0 Å². The van der Waals surface area contributed by atoms with Crippen molar-refractivity contribution in [2.45, 2.75) is 13.3 Å². The Hall–Kier alpha value is -3.46. The van der Waals surface area contributed by atoms with Crippen molar-refractivity contribution in [3.8, 4) is 11.5 Å². The van der Waals surface area contributed by atoms with E-state index >= 15 is 0 Å². The van der Waals surface area contributed by atoms with E-state index in [0.29, 0.717) is 55.3 Å². The van der Waals surface area contributed by atoms with Crippen molar-refractivity contribution in [1.29, 1.82) is 0 Å². The number of Topliss-reactive ketones (excluding diaryl/α,β-unsaturated/α-hetero) is 1. The van der Waals surface area contributed by atoms with Crippen molar-refractivity contribution in [1.82, 2.24) is 14.8 Å². The number of hydrogen-bond donors (Lipinski definition) is 1. The van der Waals surface area contributed by atoms with Gasteiger partial charge in [0.05, 0.1) is 18.7 Å². The summed E-state index contributed by atoms with van der Waals surface area (Å²) in [4.78, 5) is 44.8. The Labute approximate surface area is 179 Å². The van der Waals surface area contributed by atoms with Crippen LogP contribution < -0.4 is 14.8 Å². The molecule has 2 amide bonds. The second-order valence-electron chi connectivity index (χ2n) is 7.54. The summed E-state index contributed by atoms with van der Waals surface area (Å²) in [5.74, 6) is 0.673. The number of pyridine rings is 1. The smallest absolute Gasteiger partial charge is 0.238 e. The Morgan fingerprint density at radius 3 is 2.39 bits per heavy atom. The number of nitrogens with one attached hydrogen (secondary N) is 1. The van der Waals surface area contributed by atoms with Crippen molar-refractivity contribution in [3.63, 3.8) is 0 Å². The number of hydrogen-bond acceptors (Lipinski definition) is 7. The number of amides is 2. The van der Waals surface area contributed by atoms with Gasteiger partial charge in [-0.2, -0.15) is 0 Å². The number of benzene rings is 1. The van der Waals surface area contributed by atoms with Gasteiger partial charge in [-0.1, -0.05) is 0 Å². The monoisotopic (exact) mass is 424 g/mol. The Morgan fingerprint density at radius 2 is 1.71 bits per heavy atom. The molecule has 1 aromatic carbocycles. The van der Waals surface area contributed by atoms with Gasteiger partial charge in [-0.05, 0) is 30.7 Å². The molecule has 3 heterocycles. The number of ketones is 1. The molecule has 0 bridgehead atoms. The second kappa shape index (κ2) is 9.13. The molecule has 1 aromatic heterocycles. The number of carbonyl (C=O) groups is 3. The summed E-state index contributed by atoms with van der Waals surface area (Å²) in [6.07, 6.45) is 3.70. The van der Waals surface area contributed by atoms with E-state index in [2.05, 4.69) is 10.3 Å². The first-order valence-corrected chi connectivity index (χ1v) is 10.1. The minimum absolute atomic E-state index is 0.0711. The number of aromatic nitrogens is 1. The van der Waals surface area contributed by atoms with E-state index in [1.54, 1.807) is 24.5 Å². The Bertz CT molecular complexity index is 987. The summed E-state index contributed by atoms with van der Waals surface area (Å²) in [7, 11) is 0. The maximum Gasteiger partial charge on any atom is 0.238 e. The highest BCUT2D eigenvalue weighted by atomic mass is 16.7.